The average Bonchev–Trinajstić information content (AvgIpc) is 2.39. The molecule has 0 radical (unpaired) electrons. The normalized spacial score (nSPS) is 10.2. The fraction of sp³-hybridized carbons (Fsp3) is 0.0714. The second-order valence-corrected chi connectivity index (χ2v) is 5.45. The highest BCUT2D eigenvalue weighted by Gasteiger charge is 2.07. The van der Waals surface area contributed by atoms with E-state index >= 15 is 0 Å². The number of para-hydroxylation sites is 1. The van der Waals surface area contributed by atoms with Gasteiger partial charge >= 0.3 is 0 Å². The maximum absolute atomic E-state index is 6.11. The van der Waals surface area contributed by atoms with Gasteiger partial charge in [-0.05, 0) is 30.5 Å². The molecule has 0 aromatic heterocycles. The summed E-state index contributed by atoms with van der Waals surface area (Å²) in [5.74, 6) is 1.46. The van der Waals surface area contributed by atoms with E-state index in [2.05, 4.69) is 0 Å². The van der Waals surface area contributed by atoms with Crippen LogP contribution in [0.3, 0.4) is 0 Å². The van der Waals surface area contributed by atoms with Gasteiger partial charge in [-0.25, -0.2) is 0 Å². The van der Waals surface area contributed by atoms with Gasteiger partial charge in [-0.15, -0.1) is 11.8 Å². The number of nitrogens with two attached hydrogens (primary N) is 1. The molecule has 0 aliphatic heterocycles. The molecule has 0 spiro atoms. The van der Waals surface area contributed by atoms with Gasteiger partial charge in [0.15, 0.2) is 0 Å². The summed E-state index contributed by atoms with van der Waals surface area (Å²) in [5.41, 5.74) is 6.22. The molecule has 0 aliphatic carbocycles. The second-order valence-electron chi connectivity index (χ2n) is 3.76. The number of thiocarbonyl (C=S) groups is 1. The van der Waals surface area contributed by atoms with Crippen LogP contribution in [0.4, 0.5) is 0 Å². The summed E-state index contributed by atoms with van der Waals surface area (Å²) in [6.07, 6.45) is 2.01. The molecule has 5 heteroatoms. The van der Waals surface area contributed by atoms with E-state index < -0.39 is 0 Å². The Morgan fingerprint density at radius 3 is 2.63 bits per heavy atom. The summed E-state index contributed by atoms with van der Waals surface area (Å²) in [7, 11) is 0. The van der Waals surface area contributed by atoms with Crippen molar-refractivity contribution in [3.05, 3.63) is 53.1 Å². The topological polar surface area (TPSA) is 35.2 Å². The van der Waals surface area contributed by atoms with Gasteiger partial charge in [0.05, 0.1) is 5.02 Å². The Kier molecular flexibility index (Phi) is 4.69. The highest BCUT2D eigenvalue weighted by atomic mass is 35.5. The molecule has 0 heterocycles. The van der Waals surface area contributed by atoms with Gasteiger partial charge in [-0.3, -0.25) is 0 Å². The zero-order valence-electron chi connectivity index (χ0n) is 10.2. The predicted octanol–water partition coefficient (Wildman–Crippen LogP) is 4.49. The van der Waals surface area contributed by atoms with Gasteiger partial charge < -0.3 is 10.5 Å². The average molecular weight is 310 g/mol. The van der Waals surface area contributed by atoms with Crippen molar-refractivity contribution in [3.63, 3.8) is 0 Å². The number of ether oxygens (including phenoxy) is 1. The summed E-state index contributed by atoms with van der Waals surface area (Å²) in [5, 5.41) is 0.492. The van der Waals surface area contributed by atoms with Crippen LogP contribution < -0.4 is 10.5 Å². The van der Waals surface area contributed by atoms with Crippen LogP contribution in [-0.4, -0.2) is 11.2 Å². The number of thioether (sulfide) groups is 1. The smallest absolute Gasteiger partial charge is 0.140 e. The van der Waals surface area contributed by atoms with Crippen molar-refractivity contribution < 1.29 is 4.74 Å². The first-order chi connectivity index (χ1) is 9.11. The molecule has 0 atom stereocenters. The minimum absolute atomic E-state index is 0.279. The first-order valence-corrected chi connectivity index (χ1v) is 7.53. The summed E-state index contributed by atoms with van der Waals surface area (Å²) >= 11 is 12.7. The summed E-state index contributed by atoms with van der Waals surface area (Å²) in [4.78, 5) is 1.35. The first-order valence-electron chi connectivity index (χ1n) is 5.52. The van der Waals surface area contributed by atoms with Crippen LogP contribution in [0, 0.1) is 0 Å². The Balaban J connectivity index is 2.29. The van der Waals surface area contributed by atoms with E-state index in [0.29, 0.717) is 16.3 Å². The molecule has 2 rings (SSSR count). The van der Waals surface area contributed by atoms with E-state index in [0.717, 1.165) is 10.6 Å². The van der Waals surface area contributed by atoms with Crippen LogP contribution in [-0.2, 0) is 0 Å². The van der Waals surface area contributed by atoms with Crippen molar-refractivity contribution in [3.8, 4) is 11.5 Å². The van der Waals surface area contributed by atoms with Gasteiger partial charge in [0.25, 0.3) is 0 Å². The molecule has 2 N–H and O–H groups in total. The van der Waals surface area contributed by atoms with Crippen molar-refractivity contribution >= 4 is 40.6 Å². The van der Waals surface area contributed by atoms with E-state index in [9.17, 15) is 0 Å². The van der Waals surface area contributed by atoms with Crippen LogP contribution in [0.15, 0.2) is 47.4 Å². The van der Waals surface area contributed by atoms with Crippen molar-refractivity contribution in [1.29, 1.82) is 0 Å². The van der Waals surface area contributed by atoms with Gasteiger partial charge in [-0.1, -0.05) is 36.0 Å². The largest absolute Gasteiger partial charge is 0.456 e. The fourth-order valence-corrected chi connectivity index (χ4v) is 2.62. The van der Waals surface area contributed by atoms with E-state index in [1.54, 1.807) is 30.0 Å². The lowest BCUT2D eigenvalue weighted by Gasteiger charge is -2.10. The quantitative estimate of drug-likeness (QED) is 0.667. The lowest BCUT2D eigenvalue weighted by Crippen LogP contribution is -2.09. The Bertz CT molecular complexity index is 616. The van der Waals surface area contributed by atoms with E-state index in [1.807, 2.05) is 30.5 Å². The van der Waals surface area contributed by atoms with Gasteiger partial charge in [0, 0.05) is 16.5 Å². The number of hydrogen-bond acceptors (Lipinski definition) is 3. The number of halogens is 1. The third-order valence-electron chi connectivity index (χ3n) is 2.50. The van der Waals surface area contributed by atoms with E-state index in [1.165, 1.54) is 0 Å². The monoisotopic (exact) mass is 309 g/mol. The standard InChI is InChI=1S/C14H12ClNOS2/c1-19-13-5-3-2-4-12(13)17-9-6-7-10(14(16)18)11(15)8-9/h2-8H,1H3,(H2,16,18). The molecule has 0 bridgehead atoms. The van der Waals surface area contributed by atoms with Crippen LogP contribution in [0.5, 0.6) is 11.5 Å². The Hall–Kier alpha value is -1.23. The third kappa shape index (κ3) is 3.41. The first kappa shape index (κ1) is 14.2. The lowest BCUT2D eigenvalue weighted by molar-refractivity contribution is 0.471. The van der Waals surface area contributed by atoms with Crippen molar-refractivity contribution in [2.75, 3.05) is 6.26 Å². The summed E-state index contributed by atoms with van der Waals surface area (Å²) in [6.45, 7) is 0. The fourth-order valence-electron chi connectivity index (χ4n) is 1.59. The highest BCUT2D eigenvalue weighted by molar-refractivity contribution is 7.98. The second kappa shape index (κ2) is 6.28. The van der Waals surface area contributed by atoms with Crippen molar-refractivity contribution in [2.45, 2.75) is 4.90 Å². The van der Waals surface area contributed by atoms with Crippen LogP contribution in [0.1, 0.15) is 5.56 Å². The molecule has 19 heavy (non-hydrogen) atoms. The molecule has 2 aromatic rings. The maximum Gasteiger partial charge on any atom is 0.140 e. The Morgan fingerprint density at radius 1 is 1.26 bits per heavy atom. The van der Waals surface area contributed by atoms with Crippen LogP contribution in [0.2, 0.25) is 5.02 Å². The Morgan fingerprint density at radius 2 is 2.00 bits per heavy atom. The predicted molar refractivity (Wildman–Crippen MR) is 85.6 cm³/mol. The van der Waals surface area contributed by atoms with Gasteiger partial charge in [-0.2, -0.15) is 0 Å². The van der Waals surface area contributed by atoms with E-state index in [-0.39, 0.29) is 4.99 Å². The highest BCUT2D eigenvalue weighted by Crippen LogP contribution is 2.32. The summed E-state index contributed by atoms with van der Waals surface area (Å²) < 4.78 is 5.83. The molecule has 0 saturated heterocycles. The minimum Gasteiger partial charge on any atom is -0.456 e. The number of hydrogen-bond donors (Lipinski definition) is 1. The van der Waals surface area contributed by atoms with Crippen molar-refractivity contribution in [1.82, 2.24) is 0 Å². The SMILES string of the molecule is CSc1ccccc1Oc1ccc(C(N)=S)c(Cl)c1. The molecular weight excluding hydrogens is 298 g/mol. The molecule has 98 valence electrons. The molecule has 0 aliphatic rings. The van der Waals surface area contributed by atoms with Crippen LogP contribution >= 0.6 is 35.6 Å². The molecule has 0 saturated carbocycles. The molecule has 0 unspecified atom stereocenters. The van der Waals surface area contributed by atoms with Gasteiger partial charge in [0.2, 0.25) is 0 Å². The number of benzene rings is 2. The third-order valence-corrected chi connectivity index (χ3v) is 3.81. The summed E-state index contributed by atoms with van der Waals surface area (Å²) in [6, 6.07) is 13.1. The lowest BCUT2D eigenvalue weighted by atomic mass is 10.2. The van der Waals surface area contributed by atoms with Crippen molar-refractivity contribution in [2.24, 2.45) is 5.73 Å². The Labute approximate surface area is 126 Å². The maximum atomic E-state index is 6.11. The molecular formula is C14H12ClNOS2. The van der Waals surface area contributed by atoms with E-state index in [4.69, 9.17) is 34.3 Å². The van der Waals surface area contributed by atoms with Gasteiger partial charge in [0.1, 0.15) is 16.5 Å². The zero-order chi connectivity index (χ0) is 13.8. The molecule has 2 nitrogen and oxygen atoms in total. The van der Waals surface area contributed by atoms with Crippen LogP contribution in [0.25, 0.3) is 0 Å². The molecule has 2 aromatic carbocycles. The minimum atomic E-state index is 0.279. The number of rotatable bonds is 4. The zero-order valence-corrected chi connectivity index (χ0v) is 12.6. The molecule has 0 fully saturated rings. The molecule has 0 amide bonds.